The van der Waals surface area contributed by atoms with Crippen molar-refractivity contribution in [3.8, 4) is 11.5 Å². The van der Waals surface area contributed by atoms with Crippen molar-refractivity contribution in [3.63, 3.8) is 0 Å². The Morgan fingerprint density at radius 3 is 2.93 bits per heavy atom. The first-order chi connectivity index (χ1) is 13.6. The molecule has 0 atom stereocenters. The number of nitrogens with zero attached hydrogens (tertiary/aromatic N) is 2. The molecule has 1 aromatic carbocycles. The lowest BCUT2D eigenvalue weighted by Crippen LogP contribution is -2.31. The second-order valence-electron chi connectivity index (χ2n) is 6.92. The molecule has 0 unspecified atom stereocenters. The molecule has 0 aliphatic carbocycles. The SMILES string of the molecule is CCCN1CCc2c(sc(Nc3nc4cc5c(cc4s3)OCO5)c2C(N)=O)C1. The van der Waals surface area contributed by atoms with Crippen molar-refractivity contribution in [1.29, 1.82) is 0 Å². The molecule has 2 aromatic heterocycles. The molecular weight excluding hydrogens is 396 g/mol. The number of carbonyl (C=O) groups excluding carboxylic acids is 1. The van der Waals surface area contributed by atoms with E-state index in [0.717, 1.165) is 64.1 Å². The highest BCUT2D eigenvalue weighted by Gasteiger charge is 2.27. The maximum atomic E-state index is 12.2. The molecule has 0 radical (unpaired) electrons. The average Bonchev–Trinajstić information content (AvgIpc) is 3.34. The van der Waals surface area contributed by atoms with E-state index in [1.54, 1.807) is 11.3 Å². The molecule has 146 valence electrons. The zero-order valence-electron chi connectivity index (χ0n) is 15.4. The molecular formula is C19H20N4O3S2. The summed E-state index contributed by atoms with van der Waals surface area (Å²) in [6.45, 7) is 5.33. The number of thiophene rings is 1. The summed E-state index contributed by atoms with van der Waals surface area (Å²) in [5.74, 6) is 1.07. The van der Waals surface area contributed by atoms with Gasteiger partial charge in [0, 0.05) is 30.1 Å². The molecule has 0 saturated heterocycles. The van der Waals surface area contributed by atoms with Crippen LogP contribution in [0.1, 0.15) is 34.1 Å². The molecule has 1 amide bonds. The minimum atomic E-state index is -0.383. The second-order valence-corrected chi connectivity index (χ2v) is 9.05. The molecule has 28 heavy (non-hydrogen) atoms. The normalized spacial score (nSPS) is 15.8. The molecule has 9 heteroatoms. The van der Waals surface area contributed by atoms with E-state index in [1.807, 2.05) is 12.1 Å². The molecule has 3 N–H and O–H groups in total. The highest BCUT2D eigenvalue weighted by molar-refractivity contribution is 7.23. The smallest absolute Gasteiger partial charge is 0.251 e. The second kappa shape index (κ2) is 6.91. The Bertz CT molecular complexity index is 1030. The predicted molar refractivity (Wildman–Crippen MR) is 111 cm³/mol. The van der Waals surface area contributed by atoms with E-state index < -0.39 is 0 Å². The van der Waals surface area contributed by atoms with E-state index in [9.17, 15) is 4.79 Å². The lowest BCUT2D eigenvalue weighted by molar-refractivity contribution is 0.1000. The molecule has 0 bridgehead atoms. The number of nitrogens with two attached hydrogens (primary N) is 1. The van der Waals surface area contributed by atoms with E-state index in [0.29, 0.717) is 11.3 Å². The number of benzene rings is 1. The molecule has 0 fully saturated rings. The zero-order chi connectivity index (χ0) is 19.3. The Hall–Kier alpha value is -2.36. The quantitative estimate of drug-likeness (QED) is 0.659. The fraction of sp³-hybridized carbons (Fsp3) is 0.368. The number of hydrogen-bond donors (Lipinski definition) is 2. The van der Waals surface area contributed by atoms with Crippen LogP contribution < -0.4 is 20.5 Å². The summed E-state index contributed by atoms with van der Waals surface area (Å²) in [5, 5.41) is 4.86. The lowest BCUT2D eigenvalue weighted by atomic mass is 10.0. The minimum absolute atomic E-state index is 0.246. The van der Waals surface area contributed by atoms with Crippen molar-refractivity contribution in [2.45, 2.75) is 26.3 Å². The summed E-state index contributed by atoms with van der Waals surface area (Å²) in [6, 6.07) is 3.83. The monoisotopic (exact) mass is 416 g/mol. The third-order valence-corrected chi connectivity index (χ3v) is 7.09. The van der Waals surface area contributed by atoms with Crippen LogP contribution in [0.4, 0.5) is 10.1 Å². The van der Waals surface area contributed by atoms with E-state index in [-0.39, 0.29) is 12.7 Å². The topological polar surface area (TPSA) is 89.7 Å². The number of thiazole rings is 1. The first-order valence-corrected chi connectivity index (χ1v) is 10.9. The highest BCUT2D eigenvalue weighted by Crippen LogP contribution is 2.42. The van der Waals surface area contributed by atoms with Crippen molar-refractivity contribution < 1.29 is 14.3 Å². The van der Waals surface area contributed by atoms with Crippen molar-refractivity contribution in [3.05, 3.63) is 28.1 Å². The number of ether oxygens (including phenoxy) is 2. The van der Waals surface area contributed by atoms with Crippen LogP contribution in [-0.2, 0) is 13.0 Å². The molecule has 0 spiro atoms. The average molecular weight is 417 g/mol. The van der Waals surface area contributed by atoms with Crippen molar-refractivity contribution >= 4 is 48.9 Å². The number of aromatic nitrogens is 1. The number of rotatable bonds is 5. The predicted octanol–water partition coefficient (Wildman–Crippen LogP) is 3.70. The number of primary amides is 1. The standard InChI is InChI=1S/C19H20N4O3S2/c1-2-4-23-5-3-10-15(8-23)27-18(16(10)17(20)24)22-19-21-11-6-12-13(26-9-25-12)7-14(11)28-19/h6-7H,2-5,8-9H2,1H3,(H2,20,24)(H,21,22). The summed E-state index contributed by atoms with van der Waals surface area (Å²) in [7, 11) is 0. The van der Waals surface area contributed by atoms with Gasteiger partial charge < -0.3 is 20.5 Å². The van der Waals surface area contributed by atoms with Crippen LogP contribution >= 0.6 is 22.7 Å². The third kappa shape index (κ3) is 2.99. The Balaban J connectivity index is 1.48. The van der Waals surface area contributed by atoms with Gasteiger partial charge in [0.05, 0.1) is 15.8 Å². The first-order valence-electron chi connectivity index (χ1n) is 9.26. The van der Waals surface area contributed by atoms with E-state index in [4.69, 9.17) is 15.2 Å². The zero-order valence-corrected chi connectivity index (χ0v) is 17.0. The van der Waals surface area contributed by atoms with Gasteiger partial charge in [0.15, 0.2) is 16.6 Å². The van der Waals surface area contributed by atoms with Gasteiger partial charge in [0.1, 0.15) is 5.00 Å². The van der Waals surface area contributed by atoms with Crippen LogP contribution in [0, 0.1) is 0 Å². The van der Waals surface area contributed by atoms with Gasteiger partial charge in [-0.25, -0.2) is 4.98 Å². The number of anilines is 2. The van der Waals surface area contributed by atoms with Gasteiger partial charge in [0.2, 0.25) is 6.79 Å². The van der Waals surface area contributed by atoms with Crippen LogP contribution in [0.3, 0.4) is 0 Å². The molecule has 0 saturated carbocycles. The number of carbonyl (C=O) groups is 1. The summed E-state index contributed by atoms with van der Waals surface area (Å²) in [4.78, 5) is 20.5. The van der Waals surface area contributed by atoms with Crippen LogP contribution in [0.25, 0.3) is 10.2 Å². The van der Waals surface area contributed by atoms with Crippen LogP contribution in [0.2, 0.25) is 0 Å². The van der Waals surface area contributed by atoms with Gasteiger partial charge in [-0.05, 0) is 24.9 Å². The van der Waals surface area contributed by atoms with Gasteiger partial charge in [-0.3, -0.25) is 9.69 Å². The maximum absolute atomic E-state index is 12.2. The molecule has 3 aromatic rings. The Morgan fingerprint density at radius 2 is 2.14 bits per heavy atom. The Morgan fingerprint density at radius 1 is 1.32 bits per heavy atom. The van der Waals surface area contributed by atoms with Gasteiger partial charge in [-0.15, -0.1) is 11.3 Å². The number of hydrogen-bond acceptors (Lipinski definition) is 8. The number of nitrogens with one attached hydrogen (secondary N) is 1. The van der Waals surface area contributed by atoms with Gasteiger partial charge in [-0.1, -0.05) is 18.3 Å². The molecule has 2 aliphatic heterocycles. The Labute approximate surface area is 170 Å². The molecule has 5 rings (SSSR count). The van der Waals surface area contributed by atoms with Crippen LogP contribution in [-0.4, -0.2) is 35.7 Å². The number of fused-ring (bicyclic) bond motifs is 3. The largest absolute Gasteiger partial charge is 0.454 e. The fourth-order valence-electron chi connectivity index (χ4n) is 3.78. The van der Waals surface area contributed by atoms with Crippen molar-refractivity contribution in [1.82, 2.24) is 9.88 Å². The van der Waals surface area contributed by atoms with Crippen molar-refractivity contribution in [2.75, 3.05) is 25.2 Å². The lowest BCUT2D eigenvalue weighted by Gasteiger charge is -2.26. The highest BCUT2D eigenvalue weighted by atomic mass is 32.1. The summed E-state index contributed by atoms with van der Waals surface area (Å²) in [5.41, 5.74) is 8.28. The van der Waals surface area contributed by atoms with Gasteiger partial charge in [-0.2, -0.15) is 0 Å². The summed E-state index contributed by atoms with van der Waals surface area (Å²) in [6.07, 6.45) is 1.98. The maximum Gasteiger partial charge on any atom is 0.251 e. The molecule has 2 aliphatic rings. The van der Waals surface area contributed by atoms with E-state index in [1.165, 1.54) is 16.2 Å². The summed E-state index contributed by atoms with van der Waals surface area (Å²) >= 11 is 3.13. The van der Waals surface area contributed by atoms with E-state index in [2.05, 4.69) is 22.1 Å². The van der Waals surface area contributed by atoms with Crippen LogP contribution in [0.5, 0.6) is 11.5 Å². The van der Waals surface area contributed by atoms with Crippen molar-refractivity contribution in [2.24, 2.45) is 5.73 Å². The minimum Gasteiger partial charge on any atom is -0.454 e. The molecule has 4 heterocycles. The fourth-order valence-corrected chi connectivity index (χ4v) is 6.02. The molecule has 7 nitrogen and oxygen atoms in total. The Kier molecular flexibility index (Phi) is 4.37. The van der Waals surface area contributed by atoms with Gasteiger partial charge >= 0.3 is 0 Å². The van der Waals surface area contributed by atoms with E-state index >= 15 is 0 Å². The van der Waals surface area contributed by atoms with Gasteiger partial charge in [0.25, 0.3) is 5.91 Å². The first kappa shape index (κ1) is 17.7. The number of amides is 1. The summed E-state index contributed by atoms with van der Waals surface area (Å²) < 4.78 is 11.9. The van der Waals surface area contributed by atoms with Crippen LogP contribution in [0.15, 0.2) is 12.1 Å². The third-order valence-electron chi connectivity index (χ3n) is 5.03.